The Labute approximate surface area is 141 Å². The summed E-state index contributed by atoms with van der Waals surface area (Å²) in [6.07, 6.45) is 13.2. The zero-order valence-corrected chi connectivity index (χ0v) is 15.7. The van der Waals surface area contributed by atoms with E-state index in [1.165, 1.54) is 57.8 Å². The molecule has 1 unspecified atom stereocenters. The third-order valence-electron chi connectivity index (χ3n) is 3.76. The van der Waals surface area contributed by atoms with E-state index in [9.17, 15) is 4.21 Å². The highest BCUT2D eigenvalue weighted by atomic mass is 79.9. The van der Waals surface area contributed by atoms with Crippen LogP contribution in [0.2, 0.25) is 0 Å². The van der Waals surface area contributed by atoms with Crippen LogP contribution in [0.25, 0.3) is 0 Å². The van der Waals surface area contributed by atoms with Crippen LogP contribution >= 0.6 is 15.9 Å². The average molecular weight is 373 g/mol. The molecular weight excluding hydrogens is 344 g/mol. The molecule has 120 valence electrons. The van der Waals surface area contributed by atoms with Crippen molar-refractivity contribution in [2.45, 2.75) is 76.0 Å². The molecule has 0 amide bonds. The average Bonchev–Trinajstić information content (AvgIpc) is 2.49. The Kier molecular flexibility index (Phi) is 11.2. The SMILES string of the molecule is CCCCCCCCCCCCS(=O)c1ccc(Br)cc1. The van der Waals surface area contributed by atoms with E-state index in [-0.39, 0.29) is 0 Å². The van der Waals surface area contributed by atoms with E-state index in [0.717, 1.165) is 21.5 Å². The van der Waals surface area contributed by atoms with Gasteiger partial charge in [-0.05, 0) is 30.7 Å². The van der Waals surface area contributed by atoms with Crippen molar-refractivity contribution in [3.05, 3.63) is 28.7 Å². The van der Waals surface area contributed by atoms with Gasteiger partial charge in [0, 0.05) is 15.1 Å². The molecule has 0 aromatic heterocycles. The number of hydrogen-bond acceptors (Lipinski definition) is 1. The van der Waals surface area contributed by atoms with Gasteiger partial charge in [-0.2, -0.15) is 0 Å². The molecule has 0 fully saturated rings. The number of hydrogen-bond donors (Lipinski definition) is 0. The van der Waals surface area contributed by atoms with Gasteiger partial charge in [-0.15, -0.1) is 0 Å². The lowest BCUT2D eigenvalue weighted by Gasteiger charge is -2.04. The van der Waals surface area contributed by atoms with Gasteiger partial charge in [0.1, 0.15) is 0 Å². The topological polar surface area (TPSA) is 17.1 Å². The first-order chi connectivity index (χ1) is 10.2. The van der Waals surface area contributed by atoms with Crippen molar-refractivity contribution in [3.63, 3.8) is 0 Å². The third-order valence-corrected chi connectivity index (χ3v) is 5.75. The van der Waals surface area contributed by atoms with Crippen LogP contribution in [-0.2, 0) is 10.8 Å². The Morgan fingerprint density at radius 1 is 0.810 bits per heavy atom. The highest BCUT2D eigenvalue weighted by Gasteiger charge is 2.03. The van der Waals surface area contributed by atoms with Crippen LogP contribution in [0.3, 0.4) is 0 Å². The molecule has 0 heterocycles. The van der Waals surface area contributed by atoms with E-state index in [4.69, 9.17) is 0 Å². The van der Waals surface area contributed by atoms with E-state index >= 15 is 0 Å². The van der Waals surface area contributed by atoms with E-state index < -0.39 is 10.8 Å². The molecule has 0 radical (unpaired) electrons. The summed E-state index contributed by atoms with van der Waals surface area (Å²) in [7, 11) is -0.825. The monoisotopic (exact) mass is 372 g/mol. The zero-order valence-electron chi connectivity index (χ0n) is 13.3. The number of halogens is 1. The largest absolute Gasteiger partial charge is 0.254 e. The Morgan fingerprint density at radius 2 is 1.29 bits per heavy atom. The molecule has 1 aromatic carbocycles. The standard InChI is InChI=1S/C18H29BrOS/c1-2-3-4-5-6-7-8-9-10-11-16-21(20)18-14-12-17(19)13-15-18/h12-15H,2-11,16H2,1H3. The minimum Gasteiger partial charge on any atom is -0.254 e. The van der Waals surface area contributed by atoms with Gasteiger partial charge in [0.25, 0.3) is 0 Å². The van der Waals surface area contributed by atoms with Crippen LogP contribution in [0.4, 0.5) is 0 Å². The Bertz CT molecular complexity index is 389. The van der Waals surface area contributed by atoms with Gasteiger partial charge < -0.3 is 0 Å². The summed E-state index contributed by atoms with van der Waals surface area (Å²) in [4.78, 5) is 0.953. The summed E-state index contributed by atoms with van der Waals surface area (Å²) >= 11 is 3.40. The first kappa shape index (κ1) is 18.9. The fourth-order valence-corrected chi connectivity index (χ4v) is 3.83. The predicted octanol–water partition coefficient (Wildman–Crippen LogP) is 6.48. The third kappa shape index (κ3) is 9.46. The number of rotatable bonds is 12. The van der Waals surface area contributed by atoms with Gasteiger partial charge in [0.2, 0.25) is 0 Å². The van der Waals surface area contributed by atoms with E-state index in [0.29, 0.717) is 0 Å². The van der Waals surface area contributed by atoms with Crippen molar-refractivity contribution in [2.75, 3.05) is 5.75 Å². The number of unbranched alkanes of at least 4 members (excludes halogenated alkanes) is 9. The van der Waals surface area contributed by atoms with Gasteiger partial charge in [0.05, 0.1) is 10.8 Å². The van der Waals surface area contributed by atoms with Crippen molar-refractivity contribution >= 4 is 26.7 Å². The maximum Gasteiger partial charge on any atom is 0.0529 e. The summed E-state index contributed by atoms with van der Waals surface area (Å²) in [6, 6.07) is 7.84. The van der Waals surface area contributed by atoms with Crippen LogP contribution in [0, 0.1) is 0 Å². The molecule has 0 spiro atoms. The summed E-state index contributed by atoms with van der Waals surface area (Å²) in [5.74, 6) is 0.804. The molecule has 1 nitrogen and oxygen atoms in total. The molecule has 0 aliphatic rings. The highest BCUT2D eigenvalue weighted by molar-refractivity contribution is 9.10. The normalized spacial score (nSPS) is 12.5. The van der Waals surface area contributed by atoms with Crippen LogP contribution in [-0.4, -0.2) is 9.96 Å². The molecule has 1 aromatic rings. The molecule has 0 aliphatic carbocycles. The van der Waals surface area contributed by atoms with Crippen molar-refractivity contribution < 1.29 is 4.21 Å². The van der Waals surface area contributed by atoms with Gasteiger partial charge >= 0.3 is 0 Å². The van der Waals surface area contributed by atoms with Gasteiger partial charge in [-0.25, -0.2) is 0 Å². The first-order valence-electron chi connectivity index (χ1n) is 8.38. The minimum absolute atomic E-state index is 0.804. The molecule has 3 heteroatoms. The van der Waals surface area contributed by atoms with Crippen LogP contribution in [0.5, 0.6) is 0 Å². The van der Waals surface area contributed by atoms with Gasteiger partial charge in [0.15, 0.2) is 0 Å². The van der Waals surface area contributed by atoms with Gasteiger partial charge in [-0.3, -0.25) is 4.21 Å². The lowest BCUT2D eigenvalue weighted by atomic mass is 10.1. The van der Waals surface area contributed by atoms with Crippen molar-refractivity contribution in [1.82, 2.24) is 0 Å². The van der Waals surface area contributed by atoms with E-state index in [1.807, 2.05) is 24.3 Å². The second-order valence-electron chi connectivity index (χ2n) is 5.69. The lowest BCUT2D eigenvalue weighted by molar-refractivity contribution is 0.562. The Balaban J connectivity index is 1.96. The van der Waals surface area contributed by atoms with Crippen LogP contribution < -0.4 is 0 Å². The smallest absolute Gasteiger partial charge is 0.0529 e. The van der Waals surface area contributed by atoms with E-state index in [1.54, 1.807) is 0 Å². The van der Waals surface area contributed by atoms with Crippen molar-refractivity contribution in [2.24, 2.45) is 0 Å². The molecule has 1 rings (SSSR count). The van der Waals surface area contributed by atoms with Gasteiger partial charge in [-0.1, -0.05) is 80.6 Å². The molecule has 0 N–H and O–H groups in total. The molecule has 1 atom stereocenters. The molecule has 0 aliphatic heterocycles. The minimum atomic E-state index is -0.825. The molecule has 0 saturated heterocycles. The lowest BCUT2D eigenvalue weighted by Crippen LogP contribution is -1.98. The second-order valence-corrected chi connectivity index (χ2v) is 8.17. The Hall–Kier alpha value is -0.150. The zero-order chi connectivity index (χ0) is 15.3. The second kappa shape index (κ2) is 12.4. The summed E-state index contributed by atoms with van der Waals surface area (Å²) in [5.41, 5.74) is 0. The maximum absolute atomic E-state index is 12.1. The number of benzene rings is 1. The highest BCUT2D eigenvalue weighted by Crippen LogP contribution is 2.15. The first-order valence-corrected chi connectivity index (χ1v) is 10.5. The summed E-state index contributed by atoms with van der Waals surface area (Å²) in [5, 5.41) is 0. The molecule has 0 bridgehead atoms. The molecular formula is C18H29BrOS. The Morgan fingerprint density at radius 3 is 1.81 bits per heavy atom. The van der Waals surface area contributed by atoms with E-state index in [2.05, 4.69) is 22.9 Å². The summed E-state index contributed by atoms with van der Waals surface area (Å²) < 4.78 is 13.1. The summed E-state index contributed by atoms with van der Waals surface area (Å²) in [6.45, 7) is 2.26. The predicted molar refractivity (Wildman–Crippen MR) is 97.3 cm³/mol. The van der Waals surface area contributed by atoms with Crippen molar-refractivity contribution in [1.29, 1.82) is 0 Å². The fraction of sp³-hybridized carbons (Fsp3) is 0.667. The molecule has 21 heavy (non-hydrogen) atoms. The van der Waals surface area contributed by atoms with Crippen molar-refractivity contribution in [3.8, 4) is 0 Å². The fourth-order valence-electron chi connectivity index (χ4n) is 2.42. The quantitative estimate of drug-likeness (QED) is 0.383. The maximum atomic E-state index is 12.1. The van der Waals surface area contributed by atoms with Crippen LogP contribution in [0.1, 0.15) is 71.1 Å². The van der Waals surface area contributed by atoms with Crippen LogP contribution in [0.15, 0.2) is 33.6 Å². The molecule has 0 saturated carbocycles.